The minimum Gasteiger partial charge on any atom is -0.444 e. The Balaban J connectivity index is 1.82. The van der Waals surface area contributed by atoms with Crippen LogP contribution in [0, 0.1) is 5.41 Å². The summed E-state index contributed by atoms with van der Waals surface area (Å²) in [5.74, 6) is 0. The van der Waals surface area contributed by atoms with Crippen molar-refractivity contribution in [1.29, 1.82) is 0 Å². The van der Waals surface area contributed by atoms with Crippen LogP contribution in [0.5, 0.6) is 0 Å². The lowest BCUT2D eigenvalue weighted by Gasteiger charge is -2.43. The molecule has 1 fully saturated rings. The second-order valence-corrected chi connectivity index (χ2v) is 8.28. The molecule has 1 aliphatic heterocycles. The number of hydrogen-bond acceptors (Lipinski definition) is 7. The average Bonchev–Trinajstić information content (AvgIpc) is 2.72. The molecule has 1 aliphatic rings. The predicted octanol–water partition coefficient (Wildman–Crippen LogP) is 3.24. The maximum absolute atomic E-state index is 12.4. The van der Waals surface area contributed by atoms with E-state index in [9.17, 15) is 9.59 Å². The molecule has 8 heteroatoms. The third kappa shape index (κ3) is 5.07. The van der Waals surface area contributed by atoms with Crippen molar-refractivity contribution < 1.29 is 14.3 Å². The molecule has 154 valence electrons. The number of likely N-dealkylation sites (tertiary alicyclic amines) is 1. The minimum atomic E-state index is -0.720. The van der Waals surface area contributed by atoms with Crippen LogP contribution in [0.2, 0.25) is 0 Å². The van der Waals surface area contributed by atoms with Gasteiger partial charge in [0, 0.05) is 19.3 Å². The van der Waals surface area contributed by atoms with Crippen LogP contribution in [0.3, 0.4) is 0 Å². The summed E-state index contributed by atoms with van der Waals surface area (Å²) < 4.78 is 5.47. The number of aldehydes is 1. The number of hydrogen-bond donors (Lipinski definition) is 1. The van der Waals surface area contributed by atoms with E-state index in [1.54, 1.807) is 23.5 Å². The lowest BCUT2D eigenvalue weighted by atomic mass is 9.72. The van der Waals surface area contributed by atoms with Gasteiger partial charge in [-0.3, -0.25) is 4.98 Å². The van der Waals surface area contributed by atoms with E-state index >= 15 is 0 Å². The summed E-state index contributed by atoms with van der Waals surface area (Å²) >= 11 is 0. The molecule has 0 radical (unpaired) electrons. The highest BCUT2D eigenvalue weighted by Gasteiger charge is 2.44. The standard InChI is InChI=1S/C21H27N5O3/c1-20(2,3)29-19(28)26-10-7-21(14-27,8-11-26)18(17-6-4-5-9-24-17)25-16-12-22-15-23-13-16/h4-6,9,12-15,18,25H,7-8,10-11H2,1-3H3. The first-order valence-electron chi connectivity index (χ1n) is 9.70. The maximum Gasteiger partial charge on any atom is 0.410 e. The molecule has 2 aromatic rings. The van der Waals surface area contributed by atoms with Crippen molar-refractivity contribution in [2.45, 2.75) is 45.3 Å². The van der Waals surface area contributed by atoms with Crippen LogP contribution < -0.4 is 5.32 Å². The van der Waals surface area contributed by atoms with Crippen molar-refractivity contribution in [3.63, 3.8) is 0 Å². The van der Waals surface area contributed by atoms with Gasteiger partial charge in [-0.1, -0.05) is 6.07 Å². The fourth-order valence-electron chi connectivity index (χ4n) is 3.51. The number of carbonyl (C=O) groups is 2. The second-order valence-electron chi connectivity index (χ2n) is 8.28. The quantitative estimate of drug-likeness (QED) is 0.774. The Morgan fingerprint density at radius 3 is 2.48 bits per heavy atom. The third-order valence-electron chi connectivity index (χ3n) is 5.01. The van der Waals surface area contributed by atoms with Gasteiger partial charge in [-0.15, -0.1) is 0 Å². The van der Waals surface area contributed by atoms with Crippen molar-refractivity contribution in [2.75, 3.05) is 18.4 Å². The van der Waals surface area contributed by atoms with Gasteiger partial charge in [0.25, 0.3) is 0 Å². The first-order valence-corrected chi connectivity index (χ1v) is 9.70. The molecule has 1 N–H and O–H groups in total. The minimum absolute atomic E-state index is 0.351. The number of ether oxygens (including phenoxy) is 1. The smallest absolute Gasteiger partial charge is 0.410 e. The number of aromatic nitrogens is 3. The van der Waals surface area contributed by atoms with Gasteiger partial charge in [-0.2, -0.15) is 0 Å². The Kier molecular flexibility index (Phi) is 6.10. The molecule has 0 bridgehead atoms. The molecule has 1 unspecified atom stereocenters. The van der Waals surface area contributed by atoms with Crippen molar-refractivity contribution in [3.8, 4) is 0 Å². The number of amides is 1. The van der Waals surface area contributed by atoms with E-state index in [0.717, 1.165) is 12.0 Å². The van der Waals surface area contributed by atoms with E-state index < -0.39 is 11.0 Å². The summed E-state index contributed by atoms with van der Waals surface area (Å²) in [5.41, 5.74) is 0.192. The van der Waals surface area contributed by atoms with Gasteiger partial charge < -0.3 is 19.7 Å². The van der Waals surface area contributed by atoms with Crippen molar-refractivity contribution in [2.24, 2.45) is 5.41 Å². The molecule has 8 nitrogen and oxygen atoms in total. The summed E-state index contributed by atoms with van der Waals surface area (Å²) in [6, 6.07) is 5.26. The number of nitrogens with one attached hydrogen (secondary N) is 1. The molecule has 3 heterocycles. The van der Waals surface area contributed by atoms with Gasteiger partial charge in [0.05, 0.1) is 35.2 Å². The zero-order valence-electron chi connectivity index (χ0n) is 17.0. The van der Waals surface area contributed by atoms with Gasteiger partial charge in [0.1, 0.15) is 18.2 Å². The number of rotatable bonds is 5. The Morgan fingerprint density at radius 1 is 1.24 bits per heavy atom. The summed E-state index contributed by atoms with van der Waals surface area (Å²) in [7, 11) is 0. The van der Waals surface area contributed by atoms with Gasteiger partial charge in [0.15, 0.2) is 0 Å². The number of piperidine rings is 1. The van der Waals surface area contributed by atoms with E-state index in [-0.39, 0.29) is 12.1 Å². The predicted molar refractivity (Wildman–Crippen MR) is 108 cm³/mol. The summed E-state index contributed by atoms with van der Waals surface area (Å²) in [5, 5.41) is 3.39. The number of anilines is 1. The second kappa shape index (κ2) is 8.55. The summed E-state index contributed by atoms with van der Waals surface area (Å²) in [6.07, 6.45) is 8.13. The molecule has 0 aliphatic carbocycles. The molecule has 1 saturated heterocycles. The summed E-state index contributed by atoms with van der Waals surface area (Å²) in [4.78, 5) is 39.0. The van der Waals surface area contributed by atoms with E-state index in [1.165, 1.54) is 6.33 Å². The van der Waals surface area contributed by atoms with E-state index in [2.05, 4.69) is 20.3 Å². The topological polar surface area (TPSA) is 97.3 Å². The van der Waals surface area contributed by atoms with E-state index in [4.69, 9.17) is 4.74 Å². The van der Waals surface area contributed by atoms with Crippen LogP contribution in [0.4, 0.5) is 10.5 Å². The maximum atomic E-state index is 12.4. The monoisotopic (exact) mass is 397 g/mol. The average molecular weight is 397 g/mol. The molecular formula is C21H27N5O3. The lowest BCUT2D eigenvalue weighted by Crippen LogP contribution is -2.49. The first kappa shape index (κ1) is 20.7. The number of pyridine rings is 1. The molecule has 0 spiro atoms. The van der Waals surface area contributed by atoms with Crippen LogP contribution in [-0.2, 0) is 9.53 Å². The van der Waals surface area contributed by atoms with E-state index in [1.807, 2.05) is 39.0 Å². The van der Waals surface area contributed by atoms with Gasteiger partial charge in [-0.25, -0.2) is 14.8 Å². The molecule has 0 saturated carbocycles. The Hall–Kier alpha value is -3.03. The molecule has 1 atom stereocenters. The van der Waals surface area contributed by atoms with Crippen molar-refractivity contribution >= 4 is 18.1 Å². The first-order chi connectivity index (χ1) is 13.8. The molecule has 1 amide bonds. The number of nitrogens with zero attached hydrogens (tertiary/aromatic N) is 4. The van der Waals surface area contributed by atoms with E-state index in [0.29, 0.717) is 31.6 Å². The number of carbonyl (C=O) groups excluding carboxylic acids is 2. The highest BCUT2D eigenvalue weighted by molar-refractivity contribution is 5.69. The van der Waals surface area contributed by atoms with Crippen molar-refractivity contribution in [1.82, 2.24) is 19.9 Å². The van der Waals surface area contributed by atoms with Crippen LogP contribution in [0.25, 0.3) is 0 Å². The fourth-order valence-corrected chi connectivity index (χ4v) is 3.51. The Labute approximate surface area is 170 Å². The third-order valence-corrected chi connectivity index (χ3v) is 5.01. The highest BCUT2D eigenvalue weighted by Crippen LogP contribution is 2.42. The zero-order chi connectivity index (χ0) is 20.9. The van der Waals surface area contributed by atoms with Crippen LogP contribution in [0.1, 0.15) is 45.3 Å². The highest BCUT2D eigenvalue weighted by atomic mass is 16.6. The van der Waals surface area contributed by atoms with Gasteiger partial charge >= 0.3 is 6.09 Å². The SMILES string of the molecule is CC(C)(C)OC(=O)N1CCC(C=O)(C(Nc2cncnc2)c2ccccn2)CC1. The van der Waals surface area contributed by atoms with Crippen LogP contribution >= 0.6 is 0 Å². The summed E-state index contributed by atoms with van der Waals surface area (Å²) in [6.45, 7) is 6.39. The fraction of sp³-hybridized carbons (Fsp3) is 0.476. The Morgan fingerprint density at radius 2 is 1.93 bits per heavy atom. The van der Waals surface area contributed by atoms with Crippen molar-refractivity contribution in [3.05, 3.63) is 48.8 Å². The molecular weight excluding hydrogens is 370 g/mol. The van der Waals surface area contributed by atoms with Crippen LogP contribution in [0.15, 0.2) is 43.1 Å². The molecule has 29 heavy (non-hydrogen) atoms. The molecule has 0 aromatic carbocycles. The zero-order valence-corrected chi connectivity index (χ0v) is 17.0. The largest absolute Gasteiger partial charge is 0.444 e. The molecule has 2 aromatic heterocycles. The van der Waals surface area contributed by atoms with Gasteiger partial charge in [-0.05, 0) is 45.7 Å². The lowest BCUT2D eigenvalue weighted by molar-refractivity contribution is -0.120. The van der Waals surface area contributed by atoms with Gasteiger partial charge in [0.2, 0.25) is 0 Å². The Bertz CT molecular complexity index is 815. The molecule has 3 rings (SSSR count). The van der Waals surface area contributed by atoms with Crippen LogP contribution in [-0.4, -0.2) is 50.9 Å². The normalized spacial score (nSPS) is 17.3.